The molecule has 2 aliphatic heterocycles. The van der Waals surface area contributed by atoms with Gasteiger partial charge in [0.05, 0.1) is 23.4 Å². The Morgan fingerprint density at radius 2 is 1.90 bits per heavy atom. The fraction of sp³-hybridized carbons (Fsp3) is 0.409. The molecule has 3 aliphatic rings. The van der Waals surface area contributed by atoms with Gasteiger partial charge in [-0.2, -0.15) is 15.8 Å². The standard InChI is InChI=1S/C22H21N5O2/c1-13(2)27-6-5-15-16(8-23)21(26)22(10-24,11-25)20(17(15)9-27)14-3-4-18-19(7-14)29-12-28-18/h3-5,7,13,17,20H,6,9,12,26H2,1-2H3. The molecule has 2 heterocycles. The zero-order valence-corrected chi connectivity index (χ0v) is 16.3. The summed E-state index contributed by atoms with van der Waals surface area (Å²) < 4.78 is 10.9. The van der Waals surface area contributed by atoms with Crippen LogP contribution >= 0.6 is 0 Å². The minimum atomic E-state index is -1.64. The maximum atomic E-state index is 10.1. The molecule has 0 amide bonds. The minimum Gasteiger partial charge on any atom is -0.454 e. The lowest BCUT2D eigenvalue weighted by atomic mass is 9.58. The molecule has 1 aliphatic carbocycles. The largest absolute Gasteiger partial charge is 0.454 e. The topological polar surface area (TPSA) is 119 Å². The first-order valence-electron chi connectivity index (χ1n) is 9.53. The molecule has 0 bridgehead atoms. The number of fused-ring (bicyclic) bond motifs is 2. The van der Waals surface area contributed by atoms with Gasteiger partial charge < -0.3 is 15.2 Å². The number of nitrogens with zero attached hydrogens (tertiary/aromatic N) is 4. The van der Waals surface area contributed by atoms with Crippen molar-refractivity contribution >= 4 is 0 Å². The van der Waals surface area contributed by atoms with Crippen molar-refractivity contribution in [1.29, 1.82) is 15.8 Å². The zero-order valence-electron chi connectivity index (χ0n) is 16.3. The van der Waals surface area contributed by atoms with Gasteiger partial charge in [-0.25, -0.2) is 0 Å². The molecular weight excluding hydrogens is 366 g/mol. The minimum absolute atomic E-state index is 0.0353. The van der Waals surface area contributed by atoms with Gasteiger partial charge in [0.1, 0.15) is 6.07 Å². The van der Waals surface area contributed by atoms with Gasteiger partial charge in [-0.15, -0.1) is 0 Å². The Bertz CT molecular complexity index is 1040. The van der Waals surface area contributed by atoms with Crippen molar-refractivity contribution in [2.75, 3.05) is 19.9 Å². The van der Waals surface area contributed by atoms with Crippen LogP contribution in [0, 0.1) is 45.3 Å². The van der Waals surface area contributed by atoms with Gasteiger partial charge in [-0.3, -0.25) is 4.90 Å². The Morgan fingerprint density at radius 1 is 1.17 bits per heavy atom. The Labute approximate surface area is 169 Å². The molecule has 0 fully saturated rings. The fourth-order valence-electron chi connectivity index (χ4n) is 4.61. The van der Waals surface area contributed by atoms with Crippen LogP contribution in [-0.4, -0.2) is 30.8 Å². The Kier molecular flexibility index (Phi) is 4.46. The van der Waals surface area contributed by atoms with Gasteiger partial charge in [-0.1, -0.05) is 12.1 Å². The first-order chi connectivity index (χ1) is 14.0. The SMILES string of the molecule is CC(C)N1CC=C2C(C#N)=C(N)C(C#N)(C#N)C(c3ccc4c(c3)OCO4)C2C1. The van der Waals surface area contributed by atoms with Crippen LogP contribution in [0.5, 0.6) is 11.5 Å². The van der Waals surface area contributed by atoms with Crippen LogP contribution in [0.3, 0.4) is 0 Å². The molecule has 0 radical (unpaired) electrons. The molecule has 0 aromatic heterocycles. The number of rotatable bonds is 2. The predicted octanol–water partition coefficient (Wildman–Crippen LogP) is 2.55. The van der Waals surface area contributed by atoms with Gasteiger partial charge >= 0.3 is 0 Å². The lowest BCUT2D eigenvalue weighted by Crippen LogP contribution is -2.49. The monoisotopic (exact) mass is 387 g/mol. The van der Waals surface area contributed by atoms with Crippen LogP contribution in [0.2, 0.25) is 0 Å². The summed E-state index contributed by atoms with van der Waals surface area (Å²) in [5.74, 6) is 0.473. The van der Waals surface area contributed by atoms with Crippen molar-refractivity contribution < 1.29 is 9.47 Å². The quantitative estimate of drug-likeness (QED) is 0.828. The number of nitriles is 3. The molecule has 29 heavy (non-hydrogen) atoms. The summed E-state index contributed by atoms with van der Waals surface area (Å²) in [6, 6.07) is 12.2. The zero-order chi connectivity index (χ0) is 20.8. The molecule has 1 aromatic rings. The number of benzene rings is 1. The summed E-state index contributed by atoms with van der Waals surface area (Å²) in [6.07, 6.45) is 2.01. The Morgan fingerprint density at radius 3 is 2.55 bits per heavy atom. The van der Waals surface area contributed by atoms with E-state index < -0.39 is 11.3 Å². The van der Waals surface area contributed by atoms with Crippen molar-refractivity contribution in [2.24, 2.45) is 17.1 Å². The molecule has 0 spiro atoms. The maximum Gasteiger partial charge on any atom is 0.231 e. The summed E-state index contributed by atoms with van der Waals surface area (Å²) in [5, 5.41) is 30.0. The second kappa shape index (κ2) is 6.85. The molecule has 7 nitrogen and oxygen atoms in total. The highest BCUT2D eigenvalue weighted by molar-refractivity contribution is 5.60. The normalized spacial score (nSPS) is 24.9. The molecule has 146 valence electrons. The number of hydrogen-bond acceptors (Lipinski definition) is 7. The highest BCUT2D eigenvalue weighted by atomic mass is 16.7. The molecular formula is C22H21N5O2. The molecule has 2 unspecified atom stereocenters. The van der Waals surface area contributed by atoms with E-state index in [2.05, 4.69) is 37.0 Å². The van der Waals surface area contributed by atoms with Gasteiger partial charge in [0.15, 0.2) is 16.9 Å². The number of allylic oxidation sites excluding steroid dienone is 2. The number of nitrogens with two attached hydrogens (primary N) is 1. The van der Waals surface area contributed by atoms with E-state index in [-0.39, 0.29) is 30.0 Å². The van der Waals surface area contributed by atoms with Gasteiger partial charge in [0.25, 0.3) is 0 Å². The highest BCUT2D eigenvalue weighted by Gasteiger charge is 2.54. The van der Waals surface area contributed by atoms with Crippen molar-refractivity contribution in [2.45, 2.75) is 25.8 Å². The predicted molar refractivity (Wildman–Crippen MR) is 104 cm³/mol. The van der Waals surface area contributed by atoms with Crippen LogP contribution in [0.4, 0.5) is 0 Å². The van der Waals surface area contributed by atoms with Gasteiger partial charge in [-0.05, 0) is 37.1 Å². The third kappa shape index (κ3) is 2.65. The fourth-order valence-corrected chi connectivity index (χ4v) is 4.61. The molecule has 0 saturated carbocycles. The van der Waals surface area contributed by atoms with E-state index in [1.165, 1.54) is 0 Å². The van der Waals surface area contributed by atoms with E-state index in [1.54, 1.807) is 6.07 Å². The third-order valence-corrected chi connectivity index (χ3v) is 6.18. The second-order valence-corrected chi connectivity index (χ2v) is 7.84. The van der Waals surface area contributed by atoms with Crippen LogP contribution in [0.15, 0.2) is 41.1 Å². The average Bonchev–Trinajstić information content (AvgIpc) is 3.20. The first-order valence-corrected chi connectivity index (χ1v) is 9.53. The van der Waals surface area contributed by atoms with E-state index in [1.807, 2.05) is 18.2 Å². The molecule has 2 atom stereocenters. The number of ether oxygens (including phenoxy) is 2. The van der Waals surface area contributed by atoms with Crippen molar-refractivity contribution in [3.05, 3.63) is 46.7 Å². The van der Waals surface area contributed by atoms with Crippen molar-refractivity contribution in [3.8, 4) is 29.7 Å². The highest BCUT2D eigenvalue weighted by Crippen LogP contribution is 2.55. The molecule has 4 rings (SSSR count). The summed E-state index contributed by atoms with van der Waals surface area (Å²) in [5.41, 5.74) is 6.59. The van der Waals surface area contributed by atoms with E-state index in [9.17, 15) is 15.8 Å². The second-order valence-electron chi connectivity index (χ2n) is 7.84. The summed E-state index contributed by atoms with van der Waals surface area (Å²) >= 11 is 0. The van der Waals surface area contributed by atoms with Crippen LogP contribution in [-0.2, 0) is 0 Å². The summed E-state index contributed by atoms with van der Waals surface area (Å²) in [4.78, 5) is 2.27. The van der Waals surface area contributed by atoms with E-state index in [4.69, 9.17) is 15.2 Å². The van der Waals surface area contributed by atoms with E-state index in [0.717, 1.165) is 11.1 Å². The van der Waals surface area contributed by atoms with Crippen LogP contribution in [0.25, 0.3) is 0 Å². The molecule has 1 aromatic carbocycles. The summed E-state index contributed by atoms with van der Waals surface area (Å²) in [7, 11) is 0. The lowest BCUT2D eigenvalue weighted by Gasteiger charge is -2.46. The van der Waals surface area contributed by atoms with Crippen LogP contribution in [0.1, 0.15) is 25.3 Å². The van der Waals surface area contributed by atoms with Gasteiger partial charge in [0, 0.05) is 31.0 Å². The number of hydrogen-bond donors (Lipinski definition) is 1. The van der Waals surface area contributed by atoms with Gasteiger partial charge in [0.2, 0.25) is 6.79 Å². The summed E-state index contributed by atoms with van der Waals surface area (Å²) in [6.45, 7) is 5.68. The first kappa shape index (κ1) is 18.9. The Hall–Kier alpha value is -3.47. The van der Waals surface area contributed by atoms with E-state index in [0.29, 0.717) is 24.6 Å². The van der Waals surface area contributed by atoms with Crippen molar-refractivity contribution in [3.63, 3.8) is 0 Å². The molecule has 2 N–H and O–H groups in total. The molecule has 0 saturated heterocycles. The third-order valence-electron chi connectivity index (χ3n) is 6.18. The Balaban J connectivity index is 1.95. The van der Waals surface area contributed by atoms with Crippen LogP contribution < -0.4 is 15.2 Å². The smallest absolute Gasteiger partial charge is 0.231 e. The maximum absolute atomic E-state index is 10.1. The molecule has 7 heteroatoms. The average molecular weight is 387 g/mol. The van der Waals surface area contributed by atoms with Crippen molar-refractivity contribution in [1.82, 2.24) is 4.90 Å². The van der Waals surface area contributed by atoms with E-state index >= 15 is 0 Å². The lowest BCUT2D eigenvalue weighted by molar-refractivity contribution is 0.172.